The number of amides is 2. The topological polar surface area (TPSA) is 144 Å². The van der Waals surface area contributed by atoms with E-state index in [2.05, 4.69) is 5.32 Å². The molecule has 1 aromatic carbocycles. The number of likely N-dealkylation sites (tertiary alicyclic amines) is 1. The molecule has 4 fully saturated rings. The van der Waals surface area contributed by atoms with Gasteiger partial charge in [-0.3, -0.25) is 9.59 Å². The minimum Gasteiger partial charge on any atom is -0.499 e. The number of nitrogens with one attached hydrogen (secondary N) is 1. The van der Waals surface area contributed by atoms with Crippen LogP contribution in [0.15, 0.2) is 42.2 Å². The number of ether oxygens (including phenoxy) is 4. The highest BCUT2D eigenvalue weighted by atomic mass is 16.8. The highest BCUT2D eigenvalue weighted by Gasteiger charge is 2.64. The maximum Gasteiger partial charge on any atom is 0.338 e. The van der Waals surface area contributed by atoms with Crippen molar-refractivity contribution in [3.63, 3.8) is 0 Å². The first kappa shape index (κ1) is 29.8. The van der Waals surface area contributed by atoms with Gasteiger partial charge in [-0.1, -0.05) is 12.1 Å². The number of rotatable bonds is 12. The van der Waals surface area contributed by atoms with Crippen molar-refractivity contribution >= 4 is 23.9 Å². The predicted molar refractivity (Wildman–Crippen MR) is 153 cm³/mol. The van der Waals surface area contributed by atoms with Crippen molar-refractivity contribution in [2.45, 2.75) is 75.1 Å². The van der Waals surface area contributed by atoms with Crippen molar-refractivity contribution in [1.82, 2.24) is 10.2 Å². The van der Waals surface area contributed by atoms with Crippen molar-refractivity contribution in [3.8, 4) is 0 Å². The second-order valence-electron chi connectivity index (χ2n) is 12.0. The zero-order chi connectivity index (χ0) is 30.0. The van der Waals surface area contributed by atoms with Crippen molar-refractivity contribution in [1.29, 1.82) is 0 Å². The molecule has 5 aliphatic rings. The summed E-state index contributed by atoms with van der Waals surface area (Å²) in [6.07, 6.45) is 8.75. The second-order valence-corrected chi connectivity index (χ2v) is 12.0. The lowest BCUT2D eigenvalue weighted by Gasteiger charge is -2.33. The van der Waals surface area contributed by atoms with Gasteiger partial charge < -0.3 is 39.4 Å². The minimum atomic E-state index is -0.739. The molecule has 11 nitrogen and oxygen atoms in total. The Labute approximate surface area is 250 Å². The predicted octanol–water partition coefficient (Wildman–Crippen LogP) is 1.92. The fraction of sp³-hybridized carbons (Fsp3) is 0.594. The van der Waals surface area contributed by atoms with Crippen LogP contribution in [-0.4, -0.2) is 95.9 Å². The molecule has 1 aromatic rings. The first-order valence-electron chi connectivity index (χ1n) is 15.4. The maximum absolute atomic E-state index is 13.9. The van der Waals surface area contributed by atoms with Crippen molar-refractivity contribution in [2.24, 2.45) is 11.8 Å². The Morgan fingerprint density at radius 1 is 1.02 bits per heavy atom. The first-order valence-corrected chi connectivity index (χ1v) is 15.4. The third kappa shape index (κ3) is 6.35. The Morgan fingerprint density at radius 2 is 1.77 bits per heavy atom. The number of benzene rings is 1. The van der Waals surface area contributed by atoms with Crippen LogP contribution in [-0.2, 0) is 28.5 Å². The molecule has 2 saturated heterocycles. The summed E-state index contributed by atoms with van der Waals surface area (Å²) in [4.78, 5) is 41.5. The second kappa shape index (κ2) is 12.8. The van der Waals surface area contributed by atoms with Gasteiger partial charge in [-0.25, -0.2) is 4.79 Å². The molecule has 232 valence electrons. The standard InChI is InChI=1S/C32H40N2O9/c35-14-12-33-29(37)25-2-1-13-34(25)30(38)22-18-26(28-27(19-22)42-32(43-28,23-7-8-23)24-9-10-24)41-31(39)21-5-3-20(4-6-21)11-16-40-17-15-36/h3-6,11,16,19,23-28,35-36H,1-2,7-10,12-15,17-18H2,(H,33,37). The van der Waals surface area contributed by atoms with E-state index in [0.29, 0.717) is 42.4 Å². The third-order valence-electron chi connectivity index (χ3n) is 8.88. The van der Waals surface area contributed by atoms with Crippen LogP contribution in [0.3, 0.4) is 0 Å². The number of carbonyl (C=O) groups is 3. The van der Waals surface area contributed by atoms with Gasteiger partial charge in [0.15, 0.2) is 5.79 Å². The highest BCUT2D eigenvalue weighted by molar-refractivity contribution is 5.98. The summed E-state index contributed by atoms with van der Waals surface area (Å²) in [6, 6.07) is 6.26. The quantitative estimate of drug-likeness (QED) is 0.187. The molecule has 11 heteroatoms. The molecule has 6 rings (SSSR count). The van der Waals surface area contributed by atoms with E-state index in [1.165, 1.54) is 6.26 Å². The van der Waals surface area contributed by atoms with Gasteiger partial charge in [0.1, 0.15) is 31.0 Å². The van der Waals surface area contributed by atoms with Gasteiger partial charge in [-0.05, 0) is 68.4 Å². The average Bonchev–Trinajstić information content (AvgIpc) is 3.96. The van der Waals surface area contributed by atoms with Crippen LogP contribution >= 0.6 is 0 Å². The van der Waals surface area contributed by atoms with Gasteiger partial charge in [0.05, 0.1) is 25.0 Å². The minimum absolute atomic E-state index is 0.0730. The van der Waals surface area contributed by atoms with Crippen molar-refractivity contribution in [3.05, 3.63) is 53.3 Å². The number of aliphatic hydroxyl groups is 2. The number of fused-ring (bicyclic) bond motifs is 1. The van der Waals surface area contributed by atoms with E-state index in [1.54, 1.807) is 35.2 Å². The van der Waals surface area contributed by atoms with Crippen molar-refractivity contribution < 1.29 is 43.5 Å². The fourth-order valence-corrected chi connectivity index (χ4v) is 6.51. The first-order chi connectivity index (χ1) is 20.9. The molecule has 2 saturated carbocycles. The molecular formula is C32H40N2O9. The van der Waals surface area contributed by atoms with Crippen molar-refractivity contribution in [2.75, 3.05) is 32.9 Å². The molecule has 43 heavy (non-hydrogen) atoms. The molecule has 2 heterocycles. The van der Waals surface area contributed by atoms with E-state index < -0.39 is 36.1 Å². The Morgan fingerprint density at radius 3 is 2.44 bits per heavy atom. The van der Waals surface area contributed by atoms with Gasteiger partial charge in [-0.15, -0.1) is 0 Å². The fourth-order valence-electron chi connectivity index (χ4n) is 6.51. The zero-order valence-electron chi connectivity index (χ0n) is 24.2. The molecule has 0 bridgehead atoms. The molecule has 2 aliphatic heterocycles. The molecule has 0 aromatic heterocycles. The normalized spacial score (nSPS) is 28.0. The molecular weight excluding hydrogens is 556 g/mol. The van der Waals surface area contributed by atoms with Gasteiger partial charge in [0.25, 0.3) is 0 Å². The zero-order valence-corrected chi connectivity index (χ0v) is 24.2. The van der Waals surface area contributed by atoms with Crippen LogP contribution in [0, 0.1) is 11.8 Å². The molecule has 3 aliphatic carbocycles. The molecule has 0 spiro atoms. The lowest BCUT2D eigenvalue weighted by molar-refractivity contribution is -0.209. The van der Waals surface area contributed by atoms with Gasteiger partial charge >= 0.3 is 5.97 Å². The molecule has 0 radical (unpaired) electrons. The number of nitrogens with zero attached hydrogens (tertiary/aromatic N) is 1. The third-order valence-corrected chi connectivity index (χ3v) is 8.88. The van der Waals surface area contributed by atoms with E-state index in [4.69, 9.17) is 29.2 Å². The van der Waals surface area contributed by atoms with Crippen LogP contribution in [0.1, 0.15) is 60.9 Å². The summed E-state index contributed by atoms with van der Waals surface area (Å²) < 4.78 is 24.6. The van der Waals surface area contributed by atoms with Crippen LogP contribution < -0.4 is 5.32 Å². The molecule has 2 amide bonds. The monoisotopic (exact) mass is 596 g/mol. The summed E-state index contributed by atoms with van der Waals surface area (Å²) in [7, 11) is 0. The molecule has 4 atom stereocenters. The Kier molecular flexibility index (Phi) is 8.85. The van der Waals surface area contributed by atoms with Crippen LogP contribution in [0.2, 0.25) is 0 Å². The lowest BCUT2D eigenvalue weighted by Crippen LogP contribution is -2.49. The maximum atomic E-state index is 13.9. The Balaban J connectivity index is 1.20. The van der Waals surface area contributed by atoms with E-state index >= 15 is 0 Å². The number of carbonyl (C=O) groups excluding carboxylic acids is 3. The average molecular weight is 597 g/mol. The number of hydrogen-bond donors (Lipinski definition) is 3. The Bertz CT molecular complexity index is 1240. The largest absolute Gasteiger partial charge is 0.499 e. The summed E-state index contributed by atoms with van der Waals surface area (Å²) in [5, 5.41) is 20.6. The number of hydrogen-bond acceptors (Lipinski definition) is 9. The van der Waals surface area contributed by atoms with E-state index in [-0.39, 0.29) is 44.6 Å². The summed E-state index contributed by atoms with van der Waals surface area (Å²) >= 11 is 0. The highest BCUT2D eigenvalue weighted by Crippen LogP contribution is 2.59. The smallest absolute Gasteiger partial charge is 0.338 e. The summed E-state index contributed by atoms with van der Waals surface area (Å²) in [5.41, 5.74) is 1.63. The van der Waals surface area contributed by atoms with E-state index in [0.717, 1.165) is 31.2 Å². The summed E-state index contributed by atoms with van der Waals surface area (Å²) in [6.45, 7) is 0.534. The van der Waals surface area contributed by atoms with E-state index in [9.17, 15) is 14.4 Å². The van der Waals surface area contributed by atoms with Gasteiger partial charge in [0, 0.05) is 36.9 Å². The molecule has 4 unspecified atom stereocenters. The van der Waals surface area contributed by atoms with E-state index in [1.807, 2.05) is 6.08 Å². The van der Waals surface area contributed by atoms with Gasteiger partial charge in [0.2, 0.25) is 11.8 Å². The van der Waals surface area contributed by atoms with Crippen LogP contribution in [0.5, 0.6) is 0 Å². The lowest BCUT2D eigenvalue weighted by atomic mass is 9.91. The SMILES string of the molecule is O=C(OC1CC(C(=O)N2CCCC2C(=O)NCCO)=CC2OC(C3CC3)(C3CC3)OC21)c1ccc(C=COCCO)cc1. The Hall–Kier alpha value is -3.25. The van der Waals surface area contributed by atoms with Crippen LogP contribution in [0.4, 0.5) is 0 Å². The molecule has 3 N–H and O–H groups in total. The number of esters is 1. The summed E-state index contributed by atoms with van der Waals surface area (Å²) in [5.74, 6) is -1.17. The van der Waals surface area contributed by atoms with Gasteiger partial charge in [-0.2, -0.15) is 0 Å². The number of aliphatic hydroxyl groups excluding tert-OH is 2. The van der Waals surface area contributed by atoms with Crippen LogP contribution in [0.25, 0.3) is 6.08 Å².